The van der Waals surface area contributed by atoms with Gasteiger partial charge in [-0.3, -0.25) is 4.72 Å². The van der Waals surface area contributed by atoms with Crippen LogP contribution in [0, 0.1) is 0 Å². The zero-order valence-corrected chi connectivity index (χ0v) is 11.6. The summed E-state index contributed by atoms with van der Waals surface area (Å²) in [5.41, 5.74) is 0.993. The lowest BCUT2D eigenvalue weighted by molar-refractivity contribution is 0.282. The van der Waals surface area contributed by atoms with Crippen LogP contribution in [0.1, 0.15) is 5.56 Å². The number of benzene rings is 1. The number of aromatic nitrogens is 1. The van der Waals surface area contributed by atoms with E-state index in [4.69, 9.17) is 9.84 Å². The zero-order chi connectivity index (χ0) is 14.6. The van der Waals surface area contributed by atoms with Gasteiger partial charge >= 0.3 is 0 Å². The van der Waals surface area contributed by atoms with E-state index in [-0.39, 0.29) is 11.5 Å². The highest BCUT2D eigenvalue weighted by Gasteiger charge is 2.14. The van der Waals surface area contributed by atoms with Crippen LogP contribution in [0.25, 0.3) is 0 Å². The third kappa shape index (κ3) is 3.25. The number of pyridine rings is 1. The number of hydrogen-bond acceptors (Lipinski definition) is 5. The van der Waals surface area contributed by atoms with Gasteiger partial charge in [-0.25, -0.2) is 13.4 Å². The van der Waals surface area contributed by atoms with Crippen molar-refractivity contribution in [3.8, 4) is 5.88 Å². The number of nitrogens with zero attached hydrogens (tertiary/aromatic N) is 1. The fourth-order valence-electron chi connectivity index (χ4n) is 1.55. The average Bonchev–Trinajstić information content (AvgIpc) is 2.48. The van der Waals surface area contributed by atoms with Gasteiger partial charge in [-0.15, -0.1) is 0 Å². The van der Waals surface area contributed by atoms with Crippen molar-refractivity contribution >= 4 is 15.7 Å². The Bertz CT molecular complexity index is 667. The lowest BCUT2D eigenvalue weighted by Gasteiger charge is -2.08. The second-order valence-corrected chi connectivity index (χ2v) is 5.68. The van der Waals surface area contributed by atoms with Crippen molar-refractivity contribution in [2.75, 3.05) is 11.8 Å². The van der Waals surface area contributed by atoms with E-state index >= 15 is 0 Å². The number of sulfonamides is 1. The number of aliphatic hydroxyl groups excluding tert-OH is 1. The Labute approximate surface area is 117 Å². The molecule has 106 valence electrons. The molecule has 0 aliphatic rings. The van der Waals surface area contributed by atoms with E-state index in [0.717, 1.165) is 0 Å². The molecule has 1 heterocycles. The number of methoxy groups -OCH3 is 1. The monoisotopic (exact) mass is 294 g/mol. The van der Waals surface area contributed by atoms with Crippen molar-refractivity contribution in [3.63, 3.8) is 0 Å². The van der Waals surface area contributed by atoms with E-state index in [1.165, 1.54) is 25.4 Å². The van der Waals surface area contributed by atoms with Gasteiger partial charge < -0.3 is 9.84 Å². The summed E-state index contributed by atoms with van der Waals surface area (Å²) < 4.78 is 31.6. The predicted molar refractivity (Wildman–Crippen MR) is 74.0 cm³/mol. The van der Waals surface area contributed by atoms with Crippen molar-refractivity contribution in [1.82, 2.24) is 4.98 Å². The van der Waals surface area contributed by atoms with E-state index in [1.54, 1.807) is 24.3 Å². The normalized spacial score (nSPS) is 11.1. The summed E-state index contributed by atoms with van der Waals surface area (Å²) in [6, 6.07) is 9.11. The number of anilines is 1. The standard InChI is InChI=1S/C13H14N2O4S/c1-19-13-7-4-11(8-14-13)15-20(17,18)12-5-2-10(9-16)3-6-12/h2-8,15-16H,9H2,1H3. The highest BCUT2D eigenvalue weighted by atomic mass is 32.2. The second kappa shape index (κ2) is 5.89. The van der Waals surface area contributed by atoms with Crippen molar-refractivity contribution in [2.45, 2.75) is 11.5 Å². The molecule has 0 amide bonds. The van der Waals surface area contributed by atoms with Gasteiger partial charge in [0.15, 0.2) is 0 Å². The number of aliphatic hydroxyl groups is 1. The molecular weight excluding hydrogens is 280 g/mol. The first kappa shape index (κ1) is 14.3. The first-order valence-electron chi connectivity index (χ1n) is 5.78. The lowest BCUT2D eigenvalue weighted by atomic mass is 10.2. The van der Waals surface area contributed by atoms with E-state index in [2.05, 4.69) is 9.71 Å². The summed E-state index contributed by atoms with van der Waals surface area (Å²) >= 11 is 0. The Morgan fingerprint density at radius 1 is 1.20 bits per heavy atom. The molecule has 0 fully saturated rings. The third-order valence-corrected chi connectivity index (χ3v) is 4.01. The topological polar surface area (TPSA) is 88.5 Å². The number of nitrogens with one attached hydrogen (secondary N) is 1. The first-order chi connectivity index (χ1) is 9.55. The molecule has 0 bridgehead atoms. The molecule has 1 aromatic carbocycles. The average molecular weight is 294 g/mol. The molecule has 20 heavy (non-hydrogen) atoms. The molecule has 7 heteroatoms. The number of hydrogen-bond donors (Lipinski definition) is 2. The van der Waals surface area contributed by atoms with Crippen molar-refractivity contribution < 1.29 is 18.3 Å². The van der Waals surface area contributed by atoms with Gasteiger partial charge in [0.2, 0.25) is 5.88 Å². The minimum atomic E-state index is -3.67. The van der Waals surface area contributed by atoms with E-state index in [0.29, 0.717) is 17.1 Å². The van der Waals surface area contributed by atoms with Crippen LogP contribution in [0.2, 0.25) is 0 Å². The molecule has 2 aromatic rings. The maximum absolute atomic E-state index is 12.1. The van der Waals surface area contributed by atoms with Gasteiger partial charge in [-0.05, 0) is 23.8 Å². The largest absolute Gasteiger partial charge is 0.481 e. The maximum atomic E-state index is 12.1. The van der Waals surface area contributed by atoms with Gasteiger partial charge in [0, 0.05) is 6.07 Å². The fourth-order valence-corrected chi connectivity index (χ4v) is 2.59. The fraction of sp³-hybridized carbons (Fsp3) is 0.154. The highest BCUT2D eigenvalue weighted by Crippen LogP contribution is 2.17. The second-order valence-electron chi connectivity index (χ2n) is 4.00. The van der Waals surface area contributed by atoms with E-state index in [1.807, 2.05) is 0 Å². The molecule has 0 spiro atoms. The van der Waals surface area contributed by atoms with Gasteiger partial charge in [-0.1, -0.05) is 12.1 Å². The first-order valence-corrected chi connectivity index (χ1v) is 7.26. The summed E-state index contributed by atoms with van der Waals surface area (Å²) in [7, 11) is -2.19. The van der Waals surface area contributed by atoms with Gasteiger partial charge in [-0.2, -0.15) is 0 Å². The van der Waals surface area contributed by atoms with Crippen molar-refractivity contribution in [2.24, 2.45) is 0 Å². The van der Waals surface area contributed by atoms with Gasteiger partial charge in [0.25, 0.3) is 10.0 Å². The van der Waals surface area contributed by atoms with Gasteiger partial charge in [0.1, 0.15) is 0 Å². The molecule has 0 unspecified atom stereocenters. The molecule has 0 aliphatic carbocycles. The summed E-state index contributed by atoms with van der Waals surface area (Å²) in [6.07, 6.45) is 1.37. The molecule has 0 saturated heterocycles. The highest BCUT2D eigenvalue weighted by molar-refractivity contribution is 7.92. The summed E-state index contributed by atoms with van der Waals surface area (Å²) in [5, 5.41) is 8.93. The summed E-state index contributed by atoms with van der Waals surface area (Å²) in [4.78, 5) is 4.04. The Hall–Kier alpha value is -2.12. The van der Waals surface area contributed by atoms with Crippen LogP contribution in [0.5, 0.6) is 5.88 Å². The minimum absolute atomic E-state index is 0.116. The van der Waals surface area contributed by atoms with Crippen LogP contribution in [-0.2, 0) is 16.6 Å². The zero-order valence-electron chi connectivity index (χ0n) is 10.8. The Balaban J connectivity index is 2.20. The van der Waals surface area contributed by atoms with E-state index in [9.17, 15) is 8.42 Å². The van der Waals surface area contributed by atoms with Crippen LogP contribution >= 0.6 is 0 Å². The smallest absolute Gasteiger partial charge is 0.261 e. The third-order valence-electron chi connectivity index (χ3n) is 2.61. The maximum Gasteiger partial charge on any atom is 0.261 e. The molecular formula is C13H14N2O4S. The van der Waals surface area contributed by atoms with E-state index < -0.39 is 10.0 Å². The SMILES string of the molecule is COc1ccc(NS(=O)(=O)c2ccc(CO)cc2)cn1. The van der Waals surface area contributed by atoms with Crippen LogP contribution in [0.15, 0.2) is 47.5 Å². The van der Waals surface area contributed by atoms with Crippen LogP contribution < -0.4 is 9.46 Å². The molecule has 0 aliphatic heterocycles. The molecule has 2 N–H and O–H groups in total. The quantitative estimate of drug-likeness (QED) is 0.869. The number of ether oxygens (including phenoxy) is 1. The Kier molecular flexibility index (Phi) is 4.21. The molecule has 1 aromatic heterocycles. The molecule has 6 nitrogen and oxygen atoms in total. The van der Waals surface area contributed by atoms with Crippen LogP contribution in [-0.4, -0.2) is 25.6 Å². The molecule has 0 atom stereocenters. The Morgan fingerprint density at radius 2 is 1.90 bits per heavy atom. The van der Waals surface area contributed by atoms with Crippen molar-refractivity contribution in [3.05, 3.63) is 48.2 Å². The minimum Gasteiger partial charge on any atom is -0.481 e. The summed E-state index contributed by atoms with van der Waals surface area (Å²) in [6.45, 7) is -0.129. The van der Waals surface area contributed by atoms with Crippen LogP contribution in [0.3, 0.4) is 0 Å². The van der Waals surface area contributed by atoms with Crippen LogP contribution in [0.4, 0.5) is 5.69 Å². The molecule has 2 rings (SSSR count). The summed E-state index contributed by atoms with van der Waals surface area (Å²) in [5.74, 6) is 0.403. The molecule has 0 radical (unpaired) electrons. The molecule has 0 saturated carbocycles. The lowest BCUT2D eigenvalue weighted by Crippen LogP contribution is -2.13. The predicted octanol–water partition coefficient (Wildman–Crippen LogP) is 1.38. The number of rotatable bonds is 5. The van der Waals surface area contributed by atoms with Crippen molar-refractivity contribution in [1.29, 1.82) is 0 Å². The van der Waals surface area contributed by atoms with Gasteiger partial charge in [0.05, 0.1) is 30.5 Å². The Morgan fingerprint density at radius 3 is 2.40 bits per heavy atom.